The predicted octanol–water partition coefficient (Wildman–Crippen LogP) is -0.290. The van der Waals surface area contributed by atoms with Gasteiger partial charge in [-0.05, 0) is 6.54 Å². The number of nitrogens with one attached hydrogen (secondary N) is 1. The van der Waals surface area contributed by atoms with Gasteiger partial charge in [-0.2, -0.15) is 0 Å². The van der Waals surface area contributed by atoms with Crippen molar-refractivity contribution in [3.63, 3.8) is 0 Å². The van der Waals surface area contributed by atoms with Crippen LogP contribution in [-0.2, 0) is 14.3 Å². The maximum atomic E-state index is 12.3. The van der Waals surface area contributed by atoms with Gasteiger partial charge in [-0.1, -0.05) is 13.0 Å². The largest absolute Gasteiger partial charge is 0.480 e. The number of amides is 1. The van der Waals surface area contributed by atoms with Gasteiger partial charge in [-0.3, -0.25) is 9.59 Å². The Hall–Kier alpha value is -1.40. The number of carboxylic acids is 1. The van der Waals surface area contributed by atoms with Gasteiger partial charge >= 0.3 is 5.97 Å². The smallest absolute Gasteiger partial charge is 0.323 e. The van der Waals surface area contributed by atoms with Crippen LogP contribution in [0.25, 0.3) is 0 Å². The summed E-state index contributed by atoms with van der Waals surface area (Å²) < 4.78 is 5.29. The van der Waals surface area contributed by atoms with Crippen molar-refractivity contribution in [2.45, 2.75) is 13.0 Å². The van der Waals surface area contributed by atoms with Gasteiger partial charge in [0.05, 0.1) is 19.1 Å². The minimum atomic E-state index is -1.02. The number of aliphatic carboxylic acids is 1. The summed E-state index contributed by atoms with van der Waals surface area (Å²) in [5, 5.41) is 12.0. The maximum Gasteiger partial charge on any atom is 0.323 e. The maximum absolute atomic E-state index is 12.3. The Morgan fingerprint density at radius 2 is 2.28 bits per heavy atom. The molecule has 6 nitrogen and oxygen atoms in total. The molecule has 0 bridgehead atoms. The van der Waals surface area contributed by atoms with E-state index in [1.807, 2.05) is 6.92 Å². The van der Waals surface area contributed by atoms with Gasteiger partial charge in [-0.15, -0.1) is 6.58 Å². The van der Waals surface area contributed by atoms with Crippen molar-refractivity contribution in [3.05, 3.63) is 12.7 Å². The Morgan fingerprint density at radius 3 is 2.83 bits per heavy atom. The fraction of sp³-hybridized carbons (Fsp3) is 0.667. The number of carbonyl (C=O) groups excluding carboxylic acids is 1. The highest BCUT2D eigenvalue weighted by atomic mass is 16.5. The van der Waals surface area contributed by atoms with Crippen LogP contribution in [0.1, 0.15) is 6.92 Å². The standard InChI is InChI=1S/C12H20N2O4/c1-3-5-14(6-11(15)16)12(17)9-7-18-8-10(9)13-4-2/h3,9-10,13H,1,4-8H2,2H3,(H,15,16). The monoisotopic (exact) mass is 256 g/mol. The first-order valence-corrected chi connectivity index (χ1v) is 6.02. The lowest BCUT2D eigenvalue weighted by Crippen LogP contribution is -2.47. The van der Waals surface area contributed by atoms with Crippen LogP contribution in [0.4, 0.5) is 0 Å². The van der Waals surface area contributed by atoms with Crippen molar-refractivity contribution in [1.82, 2.24) is 10.2 Å². The lowest BCUT2D eigenvalue weighted by molar-refractivity contribution is -0.146. The van der Waals surface area contributed by atoms with Crippen molar-refractivity contribution in [1.29, 1.82) is 0 Å². The van der Waals surface area contributed by atoms with Crippen molar-refractivity contribution >= 4 is 11.9 Å². The average Bonchev–Trinajstić information content (AvgIpc) is 2.76. The molecule has 0 aromatic rings. The molecule has 2 unspecified atom stereocenters. The molecule has 0 spiro atoms. The summed E-state index contributed by atoms with van der Waals surface area (Å²) >= 11 is 0. The van der Waals surface area contributed by atoms with Gasteiger partial charge in [-0.25, -0.2) is 0 Å². The lowest BCUT2D eigenvalue weighted by atomic mass is 10.0. The molecule has 18 heavy (non-hydrogen) atoms. The fourth-order valence-corrected chi connectivity index (χ4v) is 2.05. The summed E-state index contributed by atoms with van der Waals surface area (Å²) in [5.41, 5.74) is 0. The van der Waals surface area contributed by atoms with Crippen LogP contribution < -0.4 is 5.32 Å². The number of ether oxygens (including phenoxy) is 1. The van der Waals surface area contributed by atoms with Crippen LogP contribution in [0.5, 0.6) is 0 Å². The van der Waals surface area contributed by atoms with Gasteiger partial charge in [0.15, 0.2) is 0 Å². The molecule has 1 amide bonds. The van der Waals surface area contributed by atoms with E-state index in [2.05, 4.69) is 11.9 Å². The molecule has 1 heterocycles. The van der Waals surface area contributed by atoms with E-state index in [1.165, 1.54) is 11.0 Å². The number of carbonyl (C=O) groups is 2. The van der Waals surface area contributed by atoms with E-state index in [1.54, 1.807) is 0 Å². The van der Waals surface area contributed by atoms with E-state index >= 15 is 0 Å². The van der Waals surface area contributed by atoms with Gasteiger partial charge < -0.3 is 20.1 Å². The van der Waals surface area contributed by atoms with Crippen molar-refractivity contribution in [2.75, 3.05) is 32.8 Å². The van der Waals surface area contributed by atoms with Gasteiger partial charge in [0, 0.05) is 12.6 Å². The summed E-state index contributed by atoms with van der Waals surface area (Å²) in [6, 6.07) is -0.0383. The van der Waals surface area contributed by atoms with E-state index in [4.69, 9.17) is 9.84 Å². The molecule has 1 aliphatic rings. The molecule has 1 aliphatic heterocycles. The molecule has 1 saturated heterocycles. The summed E-state index contributed by atoms with van der Waals surface area (Å²) in [6.45, 7) is 7.00. The molecule has 0 radical (unpaired) electrons. The Balaban J connectivity index is 2.68. The molecule has 1 rings (SSSR count). The molecule has 0 aromatic carbocycles. The highest BCUT2D eigenvalue weighted by molar-refractivity contribution is 5.84. The van der Waals surface area contributed by atoms with Crippen LogP contribution >= 0.6 is 0 Å². The minimum Gasteiger partial charge on any atom is -0.480 e. The first-order valence-electron chi connectivity index (χ1n) is 6.02. The van der Waals surface area contributed by atoms with E-state index in [0.29, 0.717) is 13.2 Å². The van der Waals surface area contributed by atoms with Gasteiger partial charge in [0.2, 0.25) is 5.91 Å². The third kappa shape index (κ3) is 3.82. The second kappa shape index (κ2) is 7.13. The molecular weight excluding hydrogens is 236 g/mol. The van der Waals surface area contributed by atoms with Crippen LogP contribution in [0, 0.1) is 5.92 Å². The molecule has 2 atom stereocenters. The number of hydrogen-bond donors (Lipinski definition) is 2. The molecular formula is C12H20N2O4. The Bertz CT molecular complexity index is 319. The fourth-order valence-electron chi connectivity index (χ4n) is 2.05. The Kier molecular flexibility index (Phi) is 5.80. The van der Waals surface area contributed by atoms with Crippen molar-refractivity contribution < 1.29 is 19.4 Å². The van der Waals surface area contributed by atoms with Crippen molar-refractivity contribution in [3.8, 4) is 0 Å². The van der Waals surface area contributed by atoms with Crippen molar-refractivity contribution in [2.24, 2.45) is 5.92 Å². The third-order valence-corrected chi connectivity index (χ3v) is 2.85. The van der Waals surface area contributed by atoms with E-state index in [0.717, 1.165) is 6.54 Å². The highest BCUT2D eigenvalue weighted by Crippen LogP contribution is 2.16. The molecule has 0 aliphatic carbocycles. The molecule has 0 saturated carbocycles. The number of likely N-dealkylation sites (N-methyl/N-ethyl adjacent to an activating group) is 1. The second-order valence-electron chi connectivity index (χ2n) is 4.21. The number of carboxylic acid groups (broad SMARTS) is 1. The molecule has 2 N–H and O–H groups in total. The zero-order valence-corrected chi connectivity index (χ0v) is 10.6. The molecule has 102 valence electrons. The Morgan fingerprint density at radius 1 is 1.56 bits per heavy atom. The SMILES string of the molecule is C=CCN(CC(=O)O)C(=O)C1COCC1NCC. The zero-order valence-electron chi connectivity index (χ0n) is 10.6. The highest BCUT2D eigenvalue weighted by Gasteiger charge is 2.36. The summed E-state index contributed by atoms with van der Waals surface area (Å²) in [6.07, 6.45) is 1.53. The molecule has 1 fully saturated rings. The summed E-state index contributed by atoms with van der Waals surface area (Å²) in [4.78, 5) is 24.3. The van der Waals surface area contributed by atoms with Crippen LogP contribution in [0.2, 0.25) is 0 Å². The van der Waals surface area contributed by atoms with E-state index in [-0.39, 0.29) is 31.0 Å². The third-order valence-electron chi connectivity index (χ3n) is 2.85. The Labute approximate surface area is 107 Å². The topological polar surface area (TPSA) is 78.9 Å². The average molecular weight is 256 g/mol. The molecule has 6 heteroatoms. The first kappa shape index (κ1) is 14.7. The van der Waals surface area contributed by atoms with Crippen LogP contribution in [0.15, 0.2) is 12.7 Å². The van der Waals surface area contributed by atoms with Gasteiger partial charge in [0.25, 0.3) is 0 Å². The predicted molar refractivity (Wildman–Crippen MR) is 66.2 cm³/mol. The normalized spacial score (nSPS) is 22.7. The van der Waals surface area contributed by atoms with E-state index in [9.17, 15) is 9.59 Å². The number of nitrogens with zero attached hydrogens (tertiary/aromatic N) is 1. The van der Waals surface area contributed by atoms with Gasteiger partial charge in [0.1, 0.15) is 6.54 Å². The first-order chi connectivity index (χ1) is 8.60. The molecule has 0 aromatic heterocycles. The summed E-state index contributed by atoms with van der Waals surface area (Å²) in [5.74, 6) is -1.53. The summed E-state index contributed by atoms with van der Waals surface area (Å²) in [7, 11) is 0. The minimum absolute atomic E-state index is 0.0383. The van der Waals surface area contributed by atoms with Crippen LogP contribution in [0.3, 0.4) is 0 Å². The second-order valence-corrected chi connectivity index (χ2v) is 4.21. The zero-order chi connectivity index (χ0) is 13.5. The van der Waals surface area contributed by atoms with E-state index < -0.39 is 5.97 Å². The quantitative estimate of drug-likeness (QED) is 0.612. The number of hydrogen-bond acceptors (Lipinski definition) is 4. The number of rotatable bonds is 7. The lowest BCUT2D eigenvalue weighted by Gasteiger charge is -2.25. The van der Waals surface area contributed by atoms with Crippen LogP contribution in [-0.4, -0.2) is 60.8 Å².